The van der Waals surface area contributed by atoms with Gasteiger partial charge in [0.25, 0.3) is 0 Å². The first kappa shape index (κ1) is 13.0. The van der Waals surface area contributed by atoms with Crippen molar-refractivity contribution in [2.75, 3.05) is 11.4 Å². The number of nitrogens with zero attached hydrogens (tertiary/aromatic N) is 3. The molecule has 3 nitrogen and oxygen atoms in total. The Morgan fingerprint density at radius 3 is 2.42 bits per heavy atom. The van der Waals surface area contributed by atoms with E-state index in [1.165, 1.54) is 6.07 Å². The van der Waals surface area contributed by atoms with Gasteiger partial charge in [-0.25, -0.2) is 9.97 Å². The van der Waals surface area contributed by atoms with E-state index < -0.39 is 12.0 Å². The van der Waals surface area contributed by atoms with E-state index in [9.17, 15) is 13.2 Å². The third kappa shape index (κ3) is 3.11. The average molecular weight is 292 g/mol. The first-order chi connectivity index (χ1) is 8.93. The molecular formula is C12H13ClF3N3. The van der Waals surface area contributed by atoms with Crippen LogP contribution in [0.4, 0.5) is 19.0 Å². The zero-order chi connectivity index (χ0) is 13.6. The topological polar surface area (TPSA) is 29.0 Å². The van der Waals surface area contributed by atoms with Crippen LogP contribution in [0.5, 0.6) is 0 Å². The molecule has 0 saturated heterocycles. The van der Waals surface area contributed by atoms with E-state index in [4.69, 9.17) is 11.6 Å². The first-order valence-electron chi connectivity index (χ1n) is 6.32. The Kier molecular flexibility index (Phi) is 3.08. The molecule has 2 fully saturated rings. The Hall–Kier alpha value is -1.04. The number of hydrogen-bond acceptors (Lipinski definition) is 3. The normalized spacial score (nSPS) is 19.6. The molecule has 2 aliphatic carbocycles. The Balaban J connectivity index is 1.90. The summed E-state index contributed by atoms with van der Waals surface area (Å²) < 4.78 is 38.1. The van der Waals surface area contributed by atoms with Gasteiger partial charge in [0.2, 0.25) is 5.82 Å². The fraction of sp³-hybridized carbons (Fsp3) is 0.667. The van der Waals surface area contributed by atoms with Crippen molar-refractivity contribution < 1.29 is 13.2 Å². The molecule has 0 spiro atoms. The van der Waals surface area contributed by atoms with Crippen LogP contribution < -0.4 is 4.90 Å². The van der Waals surface area contributed by atoms with E-state index in [2.05, 4.69) is 9.97 Å². The average Bonchev–Trinajstić information content (AvgIpc) is 3.17. The van der Waals surface area contributed by atoms with Crippen molar-refractivity contribution in [3.05, 3.63) is 17.0 Å². The van der Waals surface area contributed by atoms with Crippen LogP contribution in [0.3, 0.4) is 0 Å². The zero-order valence-electron chi connectivity index (χ0n) is 10.1. The van der Waals surface area contributed by atoms with Crippen molar-refractivity contribution in [3.63, 3.8) is 0 Å². The predicted molar refractivity (Wildman–Crippen MR) is 65.1 cm³/mol. The van der Waals surface area contributed by atoms with Crippen LogP contribution in [0.2, 0.25) is 5.15 Å². The highest BCUT2D eigenvalue weighted by molar-refractivity contribution is 6.29. The largest absolute Gasteiger partial charge is 0.451 e. The van der Waals surface area contributed by atoms with Gasteiger partial charge in [0.1, 0.15) is 11.0 Å². The van der Waals surface area contributed by atoms with Gasteiger partial charge in [-0.05, 0) is 31.6 Å². The minimum Gasteiger partial charge on any atom is -0.353 e. The van der Waals surface area contributed by atoms with Gasteiger partial charge in [0, 0.05) is 18.7 Å². The Morgan fingerprint density at radius 2 is 1.89 bits per heavy atom. The van der Waals surface area contributed by atoms with Crippen LogP contribution in [-0.2, 0) is 6.18 Å². The Bertz CT molecular complexity index is 484. The second kappa shape index (κ2) is 4.51. The van der Waals surface area contributed by atoms with Crippen molar-refractivity contribution in [3.8, 4) is 0 Å². The van der Waals surface area contributed by atoms with Crippen molar-refractivity contribution >= 4 is 17.4 Å². The molecular weight excluding hydrogens is 279 g/mol. The molecule has 2 aliphatic rings. The molecule has 1 aromatic rings. The van der Waals surface area contributed by atoms with Crippen LogP contribution in [0, 0.1) is 5.92 Å². The second-order valence-corrected chi connectivity index (χ2v) is 5.58. The monoisotopic (exact) mass is 291 g/mol. The SMILES string of the molecule is FC(F)(F)c1nc(Cl)cc(N(CC2CC2)C2CC2)n1. The lowest BCUT2D eigenvalue weighted by molar-refractivity contribution is -0.144. The summed E-state index contributed by atoms with van der Waals surface area (Å²) in [5.74, 6) is -0.262. The van der Waals surface area contributed by atoms with E-state index in [1.54, 1.807) is 0 Å². The summed E-state index contributed by atoms with van der Waals surface area (Å²) in [6, 6.07) is 1.74. The molecule has 0 bridgehead atoms. The van der Waals surface area contributed by atoms with Crippen LogP contribution in [-0.4, -0.2) is 22.6 Å². The highest BCUT2D eigenvalue weighted by atomic mass is 35.5. The number of alkyl halides is 3. The summed E-state index contributed by atoms with van der Waals surface area (Å²) in [4.78, 5) is 8.88. The quantitative estimate of drug-likeness (QED) is 0.795. The van der Waals surface area contributed by atoms with E-state index in [1.807, 2.05) is 4.90 Å². The van der Waals surface area contributed by atoms with Gasteiger partial charge < -0.3 is 4.90 Å². The molecule has 19 heavy (non-hydrogen) atoms. The summed E-state index contributed by atoms with van der Waals surface area (Å²) in [6.07, 6.45) is -0.248. The summed E-state index contributed by atoms with van der Waals surface area (Å²) in [7, 11) is 0. The Labute approximate surface area is 113 Å². The fourth-order valence-electron chi connectivity index (χ4n) is 2.07. The minimum absolute atomic E-state index is 0.154. The summed E-state index contributed by atoms with van der Waals surface area (Å²) in [5, 5.41) is -0.154. The summed E-state index contributed by atoms with van der Waals surface area (Å²) in [6.45, 7) is 0.773. The fourth-order valence-corrected chi connectivity index (χ4v) is 2.25. The molecule has 0 unspecified atom stereocenters. The highest BCUT2D eigenvalue weighted by Crippen LogP contribution is 2.38. The van der Waals surface area contributed by atoms with Gasteiger partial charge >= 0.3 is 6.18 Å². The lowest BCUT2D eigenvalue weighted by atomic mass is 10.3. The van der Waals surface area contributed by atoms with E-state index in [0.717, 1.165) is 32.2 Å². The van der Waals surface area contributed by atoms with Crippen molar-refractivity contribution in [2.45, 2.75) is 37.9 Å². The van der Waals surface area contributed by atoms with Crippen LogP contribution in [0.1, 0.15) is 31.5 Å². The van der Waals surface area contributed by atoms with Gasteiger partial charge in [-0.2, -0.15) is 13.2 Å². The number of anilines is 1. The highest BCUT2D eigenvalue weighted by Gasteiger charge is 2.38. The number of halogens is 4. The Morgan fingerprint density at radius 1 is 1.21 bits per heavy atom. The molecule has 3 rings (SSSR count). The first-order valence-corrected chi connectivity index (χ1v) is 6.69. The molecule has 0 atom stereocenters. The van der Waals surface area contributed by atoms with E-state index >= 15 is 0 Å². The van der Waals surface area contributed by atoms with Gasteiger partial charge in [-0.3, -0.25) is 0 Å². The number of aromatic nitrogens is 2. The smallest absolute Gasteiger partial charge is 0.353 e. The molecule has 0 N–H and O–H groups in total. The molecule has 104 valence electrons. The van der Waals surface area contributed by atoms with Gasteiger partial charge in [0.15, 0.2) is 0 Å². The third-order valence-corrected chi connectivity index (χ3v) is 3.56. The molecule has 0 aromatic carbocycles. The number of rotatable bonds is 4. The third-order valence-electron chi connectivity index (χ3n) is 3.37. The van der Waals surface area contributed by atoms with Crippen LogP contribution in [0.15, 0.2) is 6.07 Å². The van der Waals surface area contributed by atoms with Crippen LogP contribution in [0.25, 0.3) is 0 Å². The molecule has 2 saturated carbocycles. The molecule has 7 heteroatoms. The number of hydrogen-bond donors (Lipinski definition) is 0. The molecule has 1 aromatic heterocycles. The van der Waals surface area contributed by atoms with Gasteiger partial charge in [-0.1, -0.05) is 11.6 Å². The van der Waals surface area contributed by atoms with Crippen molar-refractivity contribution in [1.82, 2.24) is 9.97 Å². The van der Waals surface area contributed by atoms with E-state index in [-0.39, 0.29) is 5.15 Å². The molecule has 0 amide bonds. The minimum atomic E-state index is -4.56. The maximum Gasteiger partial charge on any atom is 0.451 e. The lowest BCUT2D eigenvalue weighted by Gasteiger charge is -2.24. The van der Waals surface area contributed by atoms with Crippen molar-refractivity contribution in [1.29, 1.82) is 0 Å². The molecule has 0 radical (unpaired) electrons. The maximum atomic E-state index is 12.7. The summed E-state index contributed by atoms with van der Waals surface area (Å²) >= 11 is 5.70. The van der Waals surface area contributed by atoms with Gasteiger partial charge in [-0.15, -0.1) is 0 Å². The van der Waals surface area contributed by atoms with Crippen LogP contribution >= 0.6 is 11.6 Å². The zero-order valence-corrected chi connectivity index (χ0v) is 10.9. The van der Waals surface area contributed by atoms with E-state index in [0.29, 0.717) is 17.8 Å². The molecule has 0 aliphatic heterocycles. The standard InChI is InChI=1S/C12H13ClF3N3/c13-9-5-10(18-11(17-9)12(14,15)16)19(8-3-4-8)6-7-1-2-7/h5,7-8H,1-4,6H2. The second-order valence-electron chi connectivity index (χ2n) is 5.20. The predicted octanol–water partition coefficient (Wildman–Crippen LogP) is 3.53. The van der Waals surface area contributed by atoms with Crippen molar-refractivity contribution in [2.24, 2.45) is 5.92 Å². The maximum absolute atomic E-state index is 12.7. The molecule has 1 heterocycles. The summed E-state index contributed by atoms with van der Waals surface area (Å²) in [5.41, 5.74) is 0. The lowest BCUT2D eigenvalue weighted by Crippen LogP contribution is -2.30. The van der Waals surface area contributed by atoms with Gasteiger partial charge in [0.05, 0.1) is 0 Å².